The molecule has 4 heterocycles. The number of urea groups is 1. The van der Waals surface area contributed by atoms with Gasteiger partial charge in [0.1, 0.15) is 0 Å². The van der Waals surface area contributed by atoms with Gasteiger partial charge < -0.3 is 10.2 Å². The third-order valence-electron chi connectivity index (χ3n) is 8.49. The number of aromatic nitrogens is 1. The maximum atomic E-state index is 13.6. The molecule has 0 bridgehead atoms. The Balaban J connectivity index is 1.15. The summed E-state index contributed by atoms with van der Waals surface area (Å²) in [5, 5.41) is 5.33. The first-order valence-corrected chi connectivity index (χ1v) is 13.8. The topological polar surface area (TPSA) is 51.7 Å². The van der Waals surface area contributed by atoms with Crippen molar-refractivity contribution >= 4 is 33.9 Å². The number of pyridine rings is 1. The number of benzene rings is 3. The zero-order valence-corrected chi connectivity index (χ0v) is 21.9. The number of anilines is 3. The second-order valence-corrected chi connectivity index (χ2v) is 10.8. The predicted molar refractivity (Wildman–Crippen MR) is 155 cm³/mol. The maximum absolute atomic E-state index is 13.6. The van der Waals surface area contributed by atoms with E-state index in [0.717, 1.165) is 65.2 Å². The van der Waals surface area contributed by atoms with Crippen LogP contribution in [0.4, 0.5) is 21.9 Å². The molecule has 2 amide bonds. The van der Waals surface area contributed by atoms with Crippen LogP contribution in [-0.4, -0.2) is 54.7 Å². The Kier molecular flexibility index (Phi) is 5.77. The Hall–Kier alpha value is -3.90. The molecule has 2 fully saturated rings. The van der Waals surface area contributed by atoms with Gasteiger partial charge in [-0.2, -0.15) is 0 Å². The summed E-state index contributed by atoms with van der Waals surface area (Å²) < 4.78 is 0. The van der Waals surface area contributed by atoms with Crippen LogP contribution in [-0.2, 0) is 6.42 Å². The van der Waals surface area contributed by atoms with Crippen LogP contribution in [0.5, 0.6) is 0 Å². The van der Waals surface area contributed by atoms with Crippen molar-refractivity contribution in [2.45, 2.75) is 32.2 Å². The fourth-order valence-electron chi connectivity index (χ4n) is 6.52. The second kappa shape index (κ2) is 9.44. The summed E-state index contributed by atoms with van der Waals surface area (Å²) in [6.45, 7) is 7.22. The van der Waals surface area contributed by atoms with Gasteiger partial charge in [-0.1, -0.05) is 42.5 Å². The summed E-state index contributed by atoms with van der Waals surface area (Å²) in [6, 6.07) is 25.7. The molecule has 0 saturated carbocycles. The predicted octanol–water partition coefficient (Wildman–Crippen LogP) is 6.09. The lowest BCUT2D eigenvalue weighted by Crippen LogP contribution is -2.50. The third-order valence-corrected chi connectivity index (χ3v) is 8.49. The number of carbonyl (C=O) groups is 1. The number of nitrogens with zero attached hydrogens (tertiary/aromatic N) is 4. The van der Waals surface area contributed by atoms with Crippen molar-refractivity contribution in [3.8, 4) is 11.3 Å². The van der Waals surface area contributed by atoms with Crippen LogP contribution in [0.15, 0.2) is 72.8 Å². The van der Waals surface area contributed by atoms with E-state index in [-0.39, 0.29) is 6.03 Å². The molecule has 1 atom stereocenters. The van der Waals surface area contributed by atoms with Crippen molar-refractivity contribution in [2.24, 2.45) is 0 Å². The summed E-state index contributed by atoms with van der Waals surface area (Å²) >= 11 is 0. The van der Waals surface area contributed by atoms with Crippen molar-refractivity contribution < 1.29 is 4.79 Å². The van der Waals surface area contributed by atoms with E-state index in [1.54, 1.807) is 0 Å². The number of hydrogen-bond acceptors (Lipinski definition) is 4. The van der Waals surface area contributed by atoms with E-state index in [0.29, 0.717) is 12.6 Å². The number of hydrogen-bond donors (Lipinski definition) is 1. The largest absolute Gasteiger partial charge is 0.369 e. The number of amides is 2. The molecule has 2 saturated heterocycles. The number of fused-ring (bicyclic) bond motifs is 3. The van der Waals surface area contributed by atoms with E-state index >= 15 is 0 Å². The highest BCUT2D eigenvalue weighted by molar-refractivity contribution is 6.10. The van der Waals surface area contributed by atoms with Crippen LogP contribution in [0, 0.1) is 6.92 Å². The van der Waals surface area contributed by atoms with Gasteiger partial charge in [-0.15, -0.1) is 0 Å². The van der Waals surface area contributed by atoms with E-state index < -0.39 is 0 Å². The van der Waals surface area contributed by atoms with E-state index in [4.69, 9.17) is 4.98 Å². The minimum atomic E-state index is -0.0758. The Morgan fingerprint density at radius 1 is 0.921 bits per heavy atom. The Morgan fingerprint density at radius 2 is 1.79 bits per heavy atom. The highest BCUT2D eigenvalue weighted by Crippen LogP contribution is 2.36. The average molecular weight is 504 g/mol. The molecule has 3 aliphatic rings. The minimum absolute atomic E-state index is 0.0758. The lowest BCUT2D eigenvalue weighted by atomic mass is 10.0. The molecule has 1 aromatic heterocycles. The van der Waals surface area contributed by atoms with Crippen molar-refractivity contribution in [3.63, 3.8) is 0 Å². The van der Waals surface area contributed by atoms with Crippen LogP contribution in [0.25, 0.3) is 22.0 Å². The van der Waals surface area contributed by atoms with Gasteiger partial charge in [-0.25, -0.2) is 4.79 Å². The van der Waals surface area contributed by atoms with E-state index in [9.17, 15) is 4.79 Å². The van der Waals surface area contributed by atoms with E-state index in [1.807, 2.05) is 48.2 Å². The number of aryl methyl sites for hydroxylation is 1. The molecule has 0 radical (unpaired) electrons. The van der Waals surface area contributed by atoms with Crippen molar-refractivity contribution in [2.75, 3.05) is 47.8 Å². The molecule has 3 aliphatic heterocycles. The first-order valence-electron chi connectivity index (χ1n) is 13.8. The molecule has 0 aliphatic carbocycles. The van der Waals surface area contributed by atoms with Crippen LogP contribution in [0.1, 0.15) is 24.1 Å². The first kappa shape index (κ1) is 23.2. The average Bonchev–Trinajstić information content (AvgIpc) is 3.59. The molecule has 192 valence electrons. The Labute approximate surface area is 223 Å². The van der Waals surface area contributed by atoms with E-state index in [1.165, 1.54) is 30.6 Å². The molecule has 3 aromatic carbocycles. The van der Waals surface area contributed by atoms with Gasteiger partial charge in [-0.05, 0) is 74.0 Å². The summed E-state index contributed by atoms with van der Waals surface area (Å²) in [4.78, 5) is 25.4. The maximum Gasteiger partial charge on any atom is 0.326 e. The molecule has 38 heavy (non-hydrogen) atoms. The second-order valence-electron chi connectivity index (χ2n) is 10.8. The SMILES string of the molecule is Cc1cccc(-c2cccc3c(NC(=O)N4CCc5ccc(N6CCN7CCCC7C6)cc54)cccc23)n1. The van der Waals surface area contributed by atoms with Crippen LogP contribution >= 0.6 is 0 Å². The molecule has 6 nitrogen and oxygen atoms in total. The molecular weight excluding hydrogens is 470 g/mol. The first-order chi connectivity index (χ1) is 18.6. The van der Waals surface area contributed by atoms with Crippen LogP contribution < -0.4 is 15.1 Å². The molecule has 0 spiro atoms. The lowest BCUT2D eigenvalue weighted by Gasteiger charge is -2.39. The van der Waals surface area contributed by atoms with Crippen LogP contribution in [0.2, 0.25) is 0 Å². The fraction of sp³-hybridized carbons (Fsp3) is 0.312. The third kappa shape index (κ3) is 4.09. The smallest absolute Gasteiger partial charge is 0.326 e. The molecule has 4 aromatic rings. The zero-order chi connectivity index (χ0) is 25.6. The van der Waals surface area contributed by atoms with Crippen molar-refractivity contribution in [1.29, 1.82) is 0 Å². The van der Waals surface area contributed by atoms with Crippen molar-refractivity contribution in [3.05, 3.63) is 84.1 Å². The fourth-order valence-corrected chi connectivity index (χ4v) is 6.52. The molecule has 1 N–H and O–H groups in total. The zero-order valence-electron chi connectivity index (χ0n) is 21.9. The van der Waals surface area contributed by atoms with Gasteiger partial charge in [0.05, 0.1) is 17.1 Å². The van der Waals surface area contributed by atoms with Gasteiger partial charge in [0.25, 0.3) is 0 Å². The summed E-state index contributed by atoms with van der Waals surface area (Å²) in [5.41, 5.74) is 7.34. The number of carbonyl (C=O) groups excluding carboxylic acids is 1. The van der Waals surface area contributed by atoms with Crippen LogP contribution in [0.3, 0.4) is 0 Å². The van der Waals surface area contributed by atoms with Gasteiger partial charge in [0.15, 0.2) is 0 Å². The monoisotopic (exact) mass is 503 g/mol. The van der Waals surface area contributed by atoms with Gasteiger partial charge in [0, 0.05) is 54.6 Å². The Morgan fingerprint density at radius 3 is 2.71 bits per heavy atom. The summed E-state index contributed by atoms with van der Waals surface area (Å²) in [7, 11) is 0. The number of piperazine rings is 1. The summed E-state index contributed by atoms with van der Waals surface area (Å²) in [5.74, 6) is 0. The highest BCUT2D eigenvalue weighted by atomic mass is 16.2. The molecular formula is C32H33N5O. The molecule has 1 unspecified atom stereocenters. The number of rotatable bonds is 3. The normalized spacial score (nSPS) is 19.0. The van der Waals surface area contributed by atoms with Crippen molar-refractivity contribution in [1.82, 2.24) is 9.88 Å². The highest BCUT2D eigenvalue weighted by Gasteiger charge is 2.32. The molecule has 7 rings (SSSR count). The standard InChI is InChI=1S/C32H33N5O/c1-22-6-2-11-29(33-22)27-9-3-10-28-26(27)8-4-12-30(28)34-32(38)37-17-15-23-13-14-24(20-31(23)37)36-19-18-35-16-5-7-25(35)21-36/h2-4,6,8-14,20,25H,5,7,15-19,21H2,1H3,(H,34,38). The quantitative estimate of drug-likeness (QED) is 0.368. The van der Waals surface area contributed by atoms with Gasteiger partial charge >= 0.3 is 6.03 Å². The summed E-state index contributed by atoms with van der Waals surface area (Å²) in [6.07, 6.45) is 3.49. The molecule has 6 heteroatoms. The minimum Gasteiger partial charge on any atom is -0.369 e. The lowest BCUT2D eigenvalue weighted by molar-refractivity contribution is 0.231. The van der Waals surface area contributed by atoms with E-state index in [2.05, 4.69) is 51.5 Å². The van der Waals surface area contributed by atoms with Gasteiger partial charge in [0.2, 0.25) is 0 Å². The Bertz CT molecular complexity index is 1530. The number of nitrogens with one attached hydrogen (secondary N) is 1. The van der Waals surface area contributed by atoms with Gasteiger partial charge in [-0.3, -0.25) is 14.8 Å².